The average Bonchev–Trinajstić information content (AvgIpc) is 2.85. The van der Waals surface area contributed by atoms with E-state index in [4.69, 9.17) is 4.74 Å². The van der Waals surface area contributed by atoms with Gasteiger partial charge in [-0.25, -0.2) is 0 Å². The number of hydrogen-bond acceptors (Lipinski definition) is 4. The van der Waals surface area contributed by atoms with Crippen LogP contribution < -0.4 is 4.90 Å². The van der Waals surface area contributed by atoms with Crippen LogP contribution in [0.15, 0.2) is 54.6 Å². The van der Waals surface area contributed by atoms with Crippen LogP contribution in [-0.2, 0) is 26.5 Å². The zero-order valence-electron chi connectivity index (χ0n) is 15.5. The van der Waals surface area contributed by atoms with Gasteiger partial charge < -0.3 is 14.7 Å². The number of anilines is 1. The van der Waals surface area contributed by atoms with Crippen molar-refractivity contribution >= 4 is 17.4 Å². The lowest BCUT2D eigenvalue weighted by Gasteiger charge is -2.39. The lowest BCUT2D eigenvalue weighted by molar-refractivity contribution is -0.172. The Morgan fingerprint density at radius 3 is 2.44 bits per heavy atom. The molecular formula is C22H23NO4. The van der Waals surface area contributed by atoms with Crippen LogP contribution >= 0.6 is 0 Å². The molecule has 4 rings (SSSR count). The highest BCUT2D eigenvalue weighted by molar-refractivity contribution is 6.09. The molecule has 0 radical (unpaired) electrons. The number of nitrogens with zero attached hydrogens (tertiary/aromatic N) is 1. The highest BCUT2D eigenvalue weighted by atomic mass is 16.5. The summed E-state index contributed by atoms with van der Waals surface area (Å²) in [6.45, 7) is 4.06. The fourth-order valence-corrected chi connectivity index (χ4v) is 4.07. The van der Waals surface area contributed by atoms with Crippen molar-refractivity contribution in [2.45, 2.75) is 38.0 Å². The summed E-state index contributed by atoms with van der Waals surface area (Å²) >= 11 is 0. The zero-order valence-corrected chi connectivity index (χ0v) is 15.5. The standard InChI is InChI=1S/C22H23NO4/c1-21(2)12-19(24)17(14-27-21)22(26)16-10-6-7-11-18(16)23(20(22)25)13-15-8-4-3-5-9-15/h3-11,17,26H,12-14H2,1-2H3/t17-,22+/m0/s1. The van der Waals surface area contributed by atoms with E-state index < -0.39 is 23.0 Å². The van der Waals surface area contributed by atoms with Crippen LogP contribution in [0.5, 0.6) is 0 Å². The topological polar surface area (TPSA) is 66.8 Å². The molecule has 2 heterocycles. The van der Waals surface area contributed by atoms with E-state index in [1.807, 2.05) is 56.3 Å². The molecule has 0 saturated carbocycles. The molecule has 2 aliphatic heterocycles. The Hall–Kier alpha value is -2.50. The predicted molar refractivity (Wildman–Crippen MR) is 101 cm³/mol. The van der Waals surface area contributed by atoms with Crippen molar-refractivity contribution in [2.24, 2.45) is 5.92 Å². The van der Waals surface area contributed by atoms with Gasteiger partial charge in [-0.2, -0.15) is 0 Å². The molecule has 0 unspecified atom stereocenters. The molecule has 2 aromatic rings. The summed E-state index contributed by atoms with van der Waals surface area (Å²) in [5.41, 5.74) is -0.385. The predicted octanol–water partition coefficient (Wildman–Crippen LogP) is 2.81. The van der Waals surface area contributed by atoms with Gasteiger partial charge in [0.1, 0.15) is 5.78 Å². The zero-order chi connectivity index (χ0) is 19.2. The van der Waals surface area contributed by atoms with Crippen LogP contribution in [0, 0.1) is 5.92 Å². The molecule has 5 heteroatoms. The monoisotopic (exact) mass is 365 g/mol. The number of ketones is 1. The van der Waals surface area contributed by atoms with E-state index in [-0.39, 0.29) is 18.8 Å². The molecule has 140 valence electrons. The van der Waals surface area contributed by atoms with Crippen LogP contribution in [0.25, 0.3) is 0 Å². The number of aliphatic hydroxyl groups is 1. The Morgan fingerprint density at radius 2 is 1.74 bits per heavy atom. The summed E-state index contributed by atoms with van der Waals surface area (Å²) < 4.78 is 5.79. The summed E-state index contributed by atoms with van der Waals surface area (Å²) in [6, 6.07) is 16.8. The second-order valence-electron chi connectivity index (χ2n) is 7.93. The van der Waals surface area contributed by atoms with E-state index in [0.717, 1.165) is 5.56 Å². The van der Waals surface area contributed by atoms with Gasteiger partial charge in [0.2, 0.25) is 0 Å². The van der Waals surface area contributed by atoms with E-state index >= 15 is 0 Å². The van der Waals surface area contributed by atoms with Crippen molar-refractivity contribution in [2.75, 3.05) is 11.5 Å². The number of hydrogen-bond donors (Lipinski definition) is 1. The third kappa shape index (κ3) is 2.87. The molecule has 1 amide bonds. The summed E-state index contributed by atoms with van der Waals surface area (Å²) in [7, 11) is 0. The van der Waals surface area contributed by atoms with Gasteiger partial charge in [-0.1, -0.05) is 48.5 Å². The van der Waals surface area contributed by atoms with Crippen LogP contribution in [-0.4, -0.2) is 29.0 Å². The molecule has 1 saturated heterocycles. The van der Waals surface area contributed by atoms with E-state index in [2.05, 4.69) is 0 Å². The first kappa shape index (κ1) is 17.9. The minimum absolute atomic E-state index is 0.0293. The maximum absolute atomic E-state index is 13.4. The van der Waals surface area contributed by atoms with E-state index in [9.17, 15) is 14.7 Å². The molecule has 1 fully saturated rings. The summed E-state index contributed by atoms with van der Waals surface area (Å²) in [5, 5.41) is 11.5. The molecule has 0 spiro atoms. The number of benzene rings is 2. The van der Waals surface area contributed by atoms with Gasteiger partial charge in [0.15, 0.2) is 5.60 Å². The van der Waals surface area contributed by atoms with E-state index in [0.29, 0.717) is 17.8 Å². The van der Waals surface area contributed by atoms with Gasteiger partial charge in [-0.15, -0.1) is 0 Å². The maximum atomic E-state index is 13.4. The SMILES string of the molecule is CC1(C)CC(=O)[C@@H]([C@@]2(O)C(=O)N(Cc3ccccc3)c3ccccc32)CO1. The van der Waals surface area contributed by atoms with Crippen molar-refractivity contribution in [3.63, 3.8) is 0 Å². The minimum atomic E-state index is -1.89. The number of fused-ring (bicyclic) bond motifs is 1. The summed E-state index contributed by atoms with van der Waals surface area (Å²) in [4.78, 5) is 27.7. The number of ether oxygens (including phenoxy) is 1. The summed E-state index contributed by atoms with van der Waals surface area (Å²) in [6.07, 6.45) is 0.175. The first-order chi connectivity index (χ1) is 12.8. The molecule has 5 nitrogen and oxygen atoms in total. The van der Waals surface area contributed by atoms with E-state index in [1.54, 1.807) is 17.0 Å². The Bertz CT molecular complexity index is 892. The largest absolute Gasteiger partial charge is 0.375 e. The first-order valence-corrected chi connectivity index (χ1v) is 9.17. The van der Waals surface area contributed by atoms with Crippen molar-refractivity contribution in [3.8, 4) is 0 Å². The highest BCUT2D eigenvalue weighted by Gasteiger charge is 2.58. The number of rotatable bonds is 3. The fourth-order valence-electron chi connectivity index (χ4n) is 4.07. The summed E-state index contributed by atoms with van der Waals surface area (Å²) in [5.74, 6) is -1.51. The van der Waals surface area contributed by atoms with Gasteiger partial charge >= 0.3 is 0 Å². The Morgan fingerprint density at radius 1 is 1.07 bits per heavy atom. The third-order valence-electron chi connectivity index (χ3n) is 5.49. The molecule has 27 heavy (non-hydrogen) atoms. The number of carbonyl (C=O) groups excluding carboxylic acids is 2. The lowest BCUT2D eigenvalue weighted by atomic mass is 9.76. The maximum Gasteiger partial charge on any atom is 0.264 e. The van der Waals surface area contributed by atoms with Crippen LogP contribution in [0.2, 0.25) is 0 Å². The average molecular weight is 365 g/mol. The molecule has 0 aromatic heterocycles. The van der Waals surface area contributed by atoms with E-state index in [1.165, 1.54) is 0 Å². The third-order valence-corrected chi connectivity index (χ3v) is 5.49. The number of amides is 1. The second kappa shape index (κ2) is 6.29. The Labute approximate surface area is 158 Å². The van der Waals surface area contributed by atoms with Gasteiger partial charge in [-0.05, 0) is 25.5 Å². The molecule has 0 aliphatic carbocycles. The number of para-hydroxylation sites is 1. The van der Waals surface area contributed by atoms with Gasteiger partial charge in [0.05, 0.1) is 30.4 Å². The van der Waals surface area contributed by atoms with Crippen LogP contribution in [0.4, 0.5) is 5.69 Å². The molecule has 2 aromatic carbocycles. The fraction of sp³-hybridized carbons (Fsp3) is 0.364. The Balaban J connectivity index is 1.74. The highest BCUT2D eigenvalue weighted by Crippen LogP contribution is 2.47. The van der Waals surface area contributed by atoms with Gasteiger partial charge in [0.25, 0.3) is 5.91 Å². The number of Topliss-reactive ketones (excluding diaryl/α,β-unsaturated/α-hetero) is 1. The van der Waals surface area contributed by atoms with Crippen LogP contribution in [0.1, 0.15) is 31.4 Å². The molecule has 1 N–H and O–H groups in total. The lowest BCUT2D eigenvalue weighted by Crippen LogP contribution is -2.54. The molecule has 2 aliphatic rings. The molecular weight excluding hydrogens is 342 g/mol. The smallest absolute Gasteiger partial charge is 0.264 e. The quantitative estimate of drug-likeness (QED) is 0.908. The van der Waals surface area contributed by atoms with Crippen molar-refractivity contribution in [1.82, 2.24) is 0 Å². The minimum Gasteiger partial charge on any atom is -0.375 e. The van der Waals surface area contributed by atoms with Gasteiger partial charge in [0, 0.05) is 12.0 Å². The second-order valence-corrected chi connectivity index (χ2v) is 7.93. The molecule has 0 bridgehead atoms. The normalized spacial score (nSPS) is 26.9. The van der Waals surface area contributed by atoms with Crippen LogP contribution in [0.3, 0.4) is 0 Å². The van der Waals surface area contributed by atoms with Crippen molar-refractivity contribution in [1.29, 1.82) is 0 Å². The number of carbonyl (C=O) groups is 2. The first-order valence-electron chi connectivity index (χ1n) is 9.17. The molecule has 2 atom stereocenters. The van der Waals surface area contributed by atoms with Crippen molar-refractivity contribution in [3.05, 3.63) is 65.7 Å². The van der Waals surface area contributed by atoms with Crippen molar-refractivity contribution < 1.29 is 19.4 Å². The Kier molecular flexibility index (Phi) is 4.17. The van der Waals surface area contributed by atoms with Gasteiger partial charge in [-0.3, -0.25) is 9.59 Å².